The molecule has 3 aromatic carbocycles. The number of nitro groups is 1. The third-order valence-corrected chi connectivity index (χ3v) is 5.18. The van der Waals surface area contributed by atoms with E-state index in [1.165, 1.54) is 30.3 Å². The van der Waals surface area contributed by atoms with Crippen LogP contribution in [0.4, 0.5) is 17.1 Å². The van der Waals surface area contributed by atoms with Gasteiger partial charge in [-0.2, -0.15) is 5.26 Å². The highest BCUT2D eigenvalue weighted by molar-refractivity contribution is 9.10. The molecular weight excluding hydrogens is 540 g/mol. The number of non-ortho nitro benzene ring substituents is 1. The van der Waals surface area contributed by atoms with Crippen molar-refractivity contribution in [2.75, 3.05) is 17.2 Å². The van der Waals surface area contributed by atoms with E-state index in [1.807, 2.05) is 6.07 Å². The number of hydrogen-bond donors (Lipinski definition) is 2. The second-order valence-electron chi connectivity index (χ2n) is 6.96. The highest BCUT2D eigenvalue weighted by Crippen LogP contribution is 2.26. The number of rotatable bonds is 8. The molecule has 0 fully saturated rings. The maximum Gasteiger partial charge on any atom is 0.271 e. The largest absolute Gasteiger partial charge is 0.483 e. The summed E-state index contributed by atoms with van der Waals surface area (Å²) in [7, 11) is 0. The molecule has 0 aliphatic carbocycles. The van der Waals surface area contributed by atoms with Crippen LogP contribution in [0.2, 0.25) is 5.02 Å². The molecule has 0 radical (unpaired) electrons. The highest BCUT2D eigenvalue weighted by atomic mass is 79.9. The molecule has 35 heavy (non-hydrogen) atoms. The van der Waals surface area contributed by atoms with Gasteiger partial charge in [-0.25, -0.2) is 0 Å². The van der Waals surface area contributed by atoms with Crippen molar-refractivity contribution in [3.63, 3.8) is 0 Å². The van der Waals surface area contributed by atoms with Crippen molar-refractivity contribution in [3.8, 4) is 11.8 Å². The Balaban J connectivity index is 1.75. The van der Waals surface area contributed by atoms with Crippen LogP contribution in [-0.4, -0.2) is 23.3 Å². The van der Waals surface area contributed by atoms with E-state index in [2.05, 4.69) is 26.6 Å². The lowest BCUT2D eigenvalue weighted by molar-refractivity contribution is -0.384. The minimum atomic E-state index is -0.764. The van der Waals surface area contributed by atoms with Gasteiger partial charge in [0.25, 0.3) is 17.5 Å². The summed E-state index contributed by atoms with van der Waals surface area (Å²) in [6.45, 7) is -0.327. The maximum absolute atomic E-state index is 12.6. The fraction of sp³-hybridized carbons (Fsp3) is 0.0417. The summed E-state index contributed by atoms with van der Waals surface area (Å²) >= 11 is 9.16. The first-order valence-electron chi connectivity index (χ1n) is 9.90. The number of nitrogens with one attached hydrogen (secondary N) is 2. The summed E-state index contributed by atoms with van der Waals surface area (Å²) in [4.78, 5) is 35.2. The normalized spacial score (nSPS) is 10.7. The number of carbonyl (C=O) groups excluding carboxylic acids is 2. The maximum atomic E-state index is 12.6. The molecule has 9 nitrogen and oxygen atoms in total. The smallest absolute Gasteiger partial charge is 0.271 e. The van der Waals surface area contributed by atoms with Gasteiger partial charge in [-0.3, -0.25) is 19.7 Å². The second-order valence-corrected chi connectivity index (χ2v) is 8.31. The third-order valence-electron chi connectivity index (χ3n) is 4.44. The van der Waals surface area contributed by atoms with E-state index in [-0.39, 0.29) is 29.3 Å². The Morgan fingerprint density at radius 1 is 1.09 bits per heavy atom. The van der Waals surface area contributed by atoms with Crippen LogP contribution in [0, 0.1) is 21.4 Å². The van der Waals surface area contributed by atoms with E-state index in [0.717, 1.165) is 0 Å². The molecule has 0 spiro atoms. The second kappa shape index (κ2) is 11.8. The van der Waals surface area contributed by atoms with Gasteiger partial charge >= 0.3 is 0 Å². The van der Waals surface area contributed by atoms with Crippen LogP contribution < -0.4 is 15.4 Å². The topological polar surface area (TPSA) is 134 Å². The number of hydrogen-bond acceptors (Lipinski definition) is 6. The standard InChI is InChI=1S/C24H16BrClN4O5/c25-17-4-9-22(35-14-23(31)28-19-7-5-18(26)6-8-19)15(11-17)10-16(13-27)24(32)29-20-2-1-3-21(12-20)30(33)34/h1-12H,14H2,(H,28,31)(H,29,32)/b16-10+. The first-order valence-corrected chi connectivity index (χ1v) is 11.1. The molecule has 0 aromatic heterocycles. The Hall–Kier alpha value is -4.20. The van der Waals surface area contributed by atoms with Crippen LogP contribution in [0.25, 0.3) is 6.08 Å². The quantitative estimate of drug-likeness (QED) is 0.161. The van der Waals surface area contributed by atoms with Gasteiger partial charge in [0.05, 0.1) is 4.92 Å². The molecule has 3 rings (SSSR count). The lowest BCUT2D eigenvalue weighted by Crippen LogP contribution is -2.20. The van der Waals surface area contributed by atoms with Crippen LogP contribution in [-0.2, 0) is 9.59 Å². The fourth-order valence-corrected chi connectivity index (χ4v) is 3.34. The summed E-state index contributed by atoms with van der Waals surface area (Å²) in [5.74, 6) is -0.927. The van der Waals surface area contributed by atoms with Crippen LogP contribution in [0.15, 0.2) is 76.8 Å². The zero-order valence-corrected chi connectivity index (χ0v) is 20.2. The van der Waals surface area contributed by atoms with Crippen LogP contribution in [0.1, 0.15) is 5.56 Å². The Bertz CT molecular complexity index is 1350. The molecule has 0 atom stereocenters. The molecule has 0 heterocycles. The first-order chi connectivity index (χ1) is 16.7. The van der Waals surface area contributed by atoms with Crippen LogP contribution in [0.3, 0.4) is 0 Å². The molecule has 11 heteroatoms. The summed E-state index contributed by atoms with van der Waals surface area (Å²) in [6.07, 6.45) is 1.30. The molecule has 0 aliphatic rings. The van der Waals surface area contributed by atoms with Crippen molar-refractivity contribution in [2.45, 2.75) is 0 Å². The van der Waals surface area contributed by atoms with Crippen molar-refractivity contribution >= 4 is 62.5 Å². The van der Waals surface area contributed by atoms with Crippen molar-refractivity contribution in [3.05, 3.63) is 97.5 Å². The molecule has 176 valence electrons. The zero-order valence-electron chi connectivity index (χ0n) is 17.8. The predicted molar refractivity (Wildman–Crippen MR) is 135 cm³/mol. The number of nitrogens with zero attached hydrogens (tertiary/aromatic N) is 2. The zero-order chi connectivity index (χ0) is 25.4. The number of benzene rings is 3. The number of amides is 2. The first kappa shape index (κ1) is 25.4. The highest BCUT2D eigenvalue weighted by Gasteiger charge is 2.14. The molecule has 0 bridgehead atoms. The number of anilines is 2. The van der Waals surface area contributed by atoms with Gasteiger partial charge in [-0.15, -0.1) is 0 Å². The van der Waals surface area contributed by atoms with Gasteiger partial charge < -0.3 is 15.4 Å². The van der Waals surface area contributed by atoms with E-state index in [9.17, 15) is 25.0 Å². The summed E-state index contributed by atoms with van der Waals surface area (Å²) in [6, 6.07) is 18.6. The molecule has 2 N–H and O–H groups in total. The van der Waals surface area contributed by atoms with E-state index in [1.54, 1.807) is 42.5 Å². The van der Waals surface area contributed by atoms with E-state index in [4.69, 9.17) is 16.3 Å². The lowest BCUT2D eigenvalue weighted by Gasteiger charge is -2.11. The van der Waals surface area contributed by atoms with Gasteiger partial charge in [0.15, 0.2) is 6.61 Å². The van der Waals surface area contributed by atoms with Crippen molar-refractivity contribution in [1.29, 1.82) is 5.26 Å². The van der Waals surface area contributed by atoms with E-state index >= 15 is 0 Å². The molecule has 2 amide bonds. The number of halogens is 2. The van der Waals surface area contributed by atoms with Crippen LogP contribution in [0.5, 0.6) is 5.75 Å². The lowest BCUT2D eigenvalue weighted by atomic mass is 10.1. The Kier molecular flexibility index (Phi) is 8.56. The van der Waals surface area contributed by atoms with Gasteiger partial charge in [-0.1, -0.05) is 33.6 Å². The minimum Gasteiger partial charge on any atom is -0.483 e. The molecule has 0 saturated carbocycles. The van der Waals surface area contributed by atoms with Crippen LogP contribution >= 0.6 is 27.5 Å². The molecule has 0 saturated heterocycles. The van der Waals surface area contributed by atoms with E-state index < -0.39 is 16.7 Å². The number of nitro benzene ring substituents is 1. The minimum absolute atomic E-state index is 0.162. The van der Waals surface area contributed by atoms with Gasteiger partial charge in [-0.05, 0) is 54.6 Å². The molecular formula is C24H16BrClN4O5. The summed E-state index contributed by atoms with van der Waals surface area (Å²) < 4.78 is 6.27. The average Bonchev–Trinajstić information content (AvgIpc) is 2.83. The summed E-state index contributed by atoms with van der Waals surface area (Å²) in [5.41, 5.74) is 0.595. The van der Waals surface area contributed by atoms with Crippen molar-refractivity contribution < 1.29 is 19.2 Å². The SMILES string of the molecule is N#C/C(=C\c1cc(Br)ccc1OCC(=O)Nc1ccc(Cl)cc1)C(=O)Nc1cccc([N+](=O)[O-])c1. The van der Waals surface area contributed by atoms with Gasteiger partial charge in [0.1, 0.15) is 17.4 Å². The van der Waals surface area contributed by atoms with Gasteiger partial charge in [0.2, 0.25) is 0 Å². The fourth-order valence-electron chi connectivity index (χ4n) is 2.84. The molecule has 0 unspecified atom stereocenters. The number of nitriles is 1. The monoisotopic (exact) mass is 554 g/mol. The Labute approximate surface area is 213 Å². The average molecular weight is 556 g/mol. The Morgan fingerprint density at radius 3 is 2.51 bits per heavy atom. The predicted octanol–water partition coefficient (Wildman–Crippen LogP) is 5.57. The third kappa shape index (κ3) is 7.40. The van der Waals surface area contributed by atoms with Crippen molar-refractivity contribution in [1.82, 2.24) is 0 Å². The Morgan fingerprint density at radius 2 is 1.83 bits per heavy atom. The molecule has 0 aliphatic heterocycles. The number of ether oxygens (including phenoxy) is 1. The summed E-state index contributed by atoms with van der Waals surface area (Å²) in [5, 5.41) is 26.1. The molecule has 3 aromatic rings. The van der Waals surface area contributed by atoms with Crippen molar-refractivity contribution in [2.24, 2.45) is 0 Å². The van der Waals surface area contributed by atoms with E-state index in [0.29, 0.717) is 20.7 Å². The van der Waals surface area contributed by atoms with Gasteiger partial charge in [0, 0.05) is 38.6 Å². The number of carbonyl (C=O) groups is 2.